The van der Waals surface area contributed by atoms with Crippen molar-refractivity contribution in [2.45, 2.75) is 13.8 Å². The molecule has 1 amide bonds. The zero-order valence-electron chi connectivity index (χ0n) is 14.6. The predicted molar refractivity (Wildman–Crippen MR) is 98.7 cm³/mol. The molecule has 0 aliphatic carbocycles. The number of amides is 1. The topological polar surface area (TPSA) is 73.2 Å². The molecule has 3 rings (SSSR count). The normalized spacial score (nSPS) is 10.4. The number of hydrogen-bond acceptors (Lipinski definition) is 4. The molecule has 0 atom stereocenters. The Hall–Kier alpha value is -3.41. The molecule has 26 heavy (non-hydrogen) atoms. The lowest BCUT2D eigenvalue weighted by atomic mass is 10.1. The Morgan fingerprint density at radius 3 is 2.46 bits per heavy atom. The largest absolute Gasteiger partial charge is 0.462 e. The number of esters is 1. The van der Waals surface area contributed by atoms with Crippen LogP contribution in [0.25, 0.3) is 5.69 Å². The summed E-state index contributed by atoms with van der Waals surface area (Å²) in [6.45, 7) is 3.83. The van der Waals surface area contributed by atoms with Crippen LogP contribution < -0.4 is 5.32 Å². The summed E-state index contributed by atoms with van der Waals surface area (Å²) >= 11 is 0. The summed E-state index contributed by atoms with van der Waals surface area (Å²) in [5.74, 6) is -0.804. The predicted octanol–water partition coefficient (Wildman–Crippen LogP) is 3.61. The van der Waals surface area contributed by atoms with Gasteiger partial charge in [-0.25, -0.2) is 9.48 Å². The molecule has 132 valence electrons. The first-order chi connectivity index (χ1) is 12.6. The summed E-state index contributed by atoms with van der Waals surface area (Å²) in [4.78, 5) is 24.7. The highest BCUT2D eigenvalue weighted by Crippen LogP contribution is 2.19. The number of rotatable bonds is 5. The van der Waals surface area contributed by atoms with Gasteiger partial charge in [-0.15, -0.1) is 0 Å². The Morgan fingerprint density at radius 1 is 1.04 bits per heavy atom. The third-order valence-corrected chi connectivity index (χ3v) is 3.93. The first-order valence-corrected chi connectivity index (χ1v) is 8.29. The molecule has 0 saturated heterocycles. The lowest BCUT2D eigenvalue weighted by molar-refractivity contribution is 0.0527. The molecular weight excluding hydrogens is 330 g/mol. The Kier molecular flexibility index (Phi) is 5.12. The number of carbonyl (C=O) groups is 2. The van der Waals surface area contributed by atoms with Gasteiger partial charge in [0.05, 0.1) is 41.0 Å². The third-order valence-electron chi connectivity index (χ3n) is 3.93. The summed E-state index contributed by atoms with van der Waals surface area (Å²) in [5, 5.41) is 7.08. The standard InChI is InChI=1S/C20H19N3O3/c1-3-26-20(25)16-11-7-8-12-18(16)22-19(24)17-13-21-23(14(17)2)15-9-5-4-6-10-15/h4-13H,3H2,1-2H3,(H,22,24). The van der Waals surface area contributed by atoms with Gasteiger partial charge in [-0.3, -0.25) is 4.79 Å². The number of hydrogen-bond donors (Lipinski definition) is 1. The zero-order valence-corrected chi connectivity index (χ0v) is 14.6. The first-order valence-electron chi connectivity index (χ1n) is 8.29. The molecule has 0 fully saturated rings. The van der Waals surface area contributed by atoms with E-state index >= 15 is 0 Å². The van der Waals surface area contributed by atoms with E-state index in [1.165, 1.54) is 6.20 Å². The van der Waals surface area contributed by atoms with Crippen LogP contribution in [-0.4, -0.2) is 28.3 Å². The molecule has 0 spiro atoms. The quantitative estimate of drug-likeness (QED) is 0.714. The van der Waals surface area contributed by atoms with E-state index in [1.807, 2.05) is 37.3 Å². The van der Waals surface area contributed by atoms with Crippen LogP contribution in [0.2, 0.25) is 0 Å². The van der Waals surface area contributed by atoms with Crippen molar-refractivity contribution < 1.29 is 14.3 Å². The number of ether oxygens (including phenoxy) is 1. The van der Waals surface area contributed by atoms with Crippen LogP contribution in [0.15, 0.2) is 60.8 Å². The van der Waals surface area contributed by atoms with Crippen molar-refractivity contribution in [1.29, 1.82) is 0 Å². The number of aromatic nitrogens is 2. The van der Waals surface area contributed by atoms with Crippen LogP contribution in [0, 0.1) is 6.92 Å². The van der Waals surface area contributed by atoms with E-state index in [1.54, 1.807) is 35.9 Å². The van der Waals surface area contributed by atoms with Crippen molar-refractivity contribution in [3.8, 4) is 5.69 Å². The molecule has 1 aromatic heterocycles. The maximum absolute atomic E-state index is 12.7. The summed E-state index contributed by atoms with van der Waals surface area (Å²) in [5.41, 5.74) is 2.74. The SMILES string of the molecule is CCOC(=O)c1ccccc1NC(=O)c1cnn(-c2ccccc2)c1C. The fraction of sp³-hybridized carbons (Fsp3) is 0.150. The monoisotopic (exact) mass is 349 g/mol. The molecule has 0 unspecified atom stereocenters. The molecule has 0 saturated carbocycles. The van der Waals surface area contributed by atoms with Crippen LogP contribution in [-0.2, 0) is 4.74 Å². The van der Waals surface area contributed by atoms with E-state index in [0.29, 0.717) is 22.5 Å². The van der Waals surface area contributed by atoms with Crippen LogP contribution in [0.4, 0.5) is 5.69 Å². The lowest BCUT2D eigenvalue weighted by Crippen LogP contribution is -2.16. The molecule has 0 aliphatic heterocycles. The van der Waals surface area contributed by atoms with Crippen LogP contribution in [0.3, 0.4) is 0 Å². The van der Waals surface area contributed by atoms with E-state index in [0.717, 1.165) is 5.69 Å². The summed E-state index contributed by atoms with van der Waals surface area (Å²) in [7, 11) is 0. The smallest absolute Gasteiger partial charge is 0.340 e. The lowest BCUT2D eigenvalue weighted by Gasteiger charge is -2.10. The van der Waals surface area contributed by atoms with Crippen molar-refractivity contribution in [1.82, 2.24) is 9.78 Å². The average Bonchev–Trinajstić information content (AvgIpc) is 3.04. The Bertz CT molecular complexity index is 932. The van der Waals surface area contributed by atoms with E-state index in [-0.39, 0.29) is 12.5 Å². The van der Waals surface area contributed by atoms with Crippen molar-refractivity contribution in [3.63, 3.8) is 0 Å². The maximum Gasteiger partial charge on any atom is 0.340 e. The molecule has 1 N–H and O–H groups in total. The van der Waals surface area contributed by atoms with Crippen molar-refractivity contribution in [2.24, 2.45) is 0 Å². The Balaban J connectivity index is 1.86. The first kappa shape index (κ1) is 17.4. The number of anilines is 1. The fourth-order valence-corrected chi connectivity index (χ4v) is 2.63. The second kappa shape index (κ2) is 7.65. The van der Waals surface area contributed by atoms with Gasteiger partial charge in [0.25, 0.3) is 5.91 Å². The Labute approximate surface area is 151 Å². The molecule has 0 aliphatic rings. The molecule has 6 heteroatoms. The van der Waals surface area contributed by atoms with Gasteiger partial charge in [0, 0.05) is 0 Å². The molecule has 3 aromatic rings. The number of para-hydroxylation sites is 2. The maximum atomic E-state index is 12.7. The van der Waals surface area contributed by atoms with Gasteiger partial charge in [-0.1, -0.05) is 30.3 Å². The van der Waals surface area contributed by atoms with Crippen molar-refractivity contribution in [3.05, 3.63) is 77.6 Å². The van der Waals surface area contributed by atoms with Gasteiger partial charge in [0.2, 0.25) is 0 Å². The van der Waals surface area contributed by atoms with E-state index in [2.05, 4.69) is 10.4 Å². The molecule has 1 heterocycles. The minimum atomic E-state index is -0.472. The Morgan fingerprint density at radius 2 is 1.73 bits per heavy atom. The number of nitrogens with zero attached hydrogens (tertiary/aromatic N) is 2. The second-order valence-electron chi connectivity index (χ2n) is 5.61. The number of nitrogens with one attached hydrogen (secondary N) is 1. The molecule has 2 aromatic carbocycles. The summed E-state index contributed by atoms with van der Waals surface area (Å²) in [6, 6.07) is 16.3. The van der Waals surface area contributed by atoms with Gasteiger partial charge in [-0.2, -0.15) is 5.10 Å². The summed E-state index contributed by atoms with van der Waals surface area (Å²) in [6.07, 6.45) is 1.52. The third kappa shape index (κ3) is 3.49. The minimum Gasteiger partial charge on any atom is -0.462 e. The fourth-order valence-electron chi connectivity index (χ4n) is 2.63. The minimum absolute atomic E-state index is 0.268. The van der Waals surface area contributed by atoms with Gasteiger partial charge < -0.3 is 10.1 Å². The van der Waals surface area contributed by atoms with Crippen LogP contribution in [0.5, 0.6) is 0 Å². The van der Waals surface area contributed by atoms with E-state index < -0.39 is 5.97 Å². The zero-order chi connectivity index (χ0) is 18.5. The van der Waals surface area contributed by atoms with Gasteiger partial charge in [0.1, 0.15) is 0 Å². The van der Waals surface area contributed by atoms with E-state index in [4.69, 9.17) is 4.74 Å². The highest BCUT2D eigenvalue weighted by Gasteiger charge is 2.18. The van der Waals surface area contributed by atoms with Crippen molar-refractivity contribution in [2.75, 3.05) is 11.9 Å². The molecular formula is C20H19N3O3. The van der Waals surface area contributed by atoms with E-state index in [9.17, 15) is 9.59 Å². The highest BCUT2D eigenvalue weighted by molar-refractivity contribution is 6.08. The highest BCUT2D eigenvalue weighted by atomic mass is 16.5. The molecule has 0 bridgehead atoms. The number of carbonyl (C=O) groups excluding carboxylic acids is 2. The number of benzene rings is 2. The van der Waals surface area contributed by atoms with Crippen LogP contribution >= 0.6 is 0 Å². The van der Waals surface area contributed by atoms with Gasteiger partial charge in [0.15, 0.2) is 0 Å². The second-order valence-corrected chi connectivity index (χ2v) is 5.61. The molecule has 6 nitrogen and oxygen atoms in total. The van der Waals surface area contributed by atoms with Gasteiger partial charge in [-0.05, 0) is 38.1 Å². The summed E-state index contributed by atoms with van der Waals surface area (Å²) < 4.78 is 6.74. The molecule has 0 radical (unpaired) electrons. The average molecular weight is 349 g/mol. The van der Waals surface area contributed by atoms with Crippen molar-refractivity contribution >= 4 is 17.6 Å². The van der Waals surface area contributed by atoms with Gasteiger partial charge >= 0.3 is 5.97 Å². The van der Waals surface area contributed by atoms with Crippen LogP contribution in [0.1, 0.15) is 33.3 Å².